The topological polar surface area (TPSA) is 29.1 Å². The summed E-state index contributed by atoms with van der Waals surface area (Å²) >= 11 is 5.36. The summed E-state index contributed by atoms with van der Waals surface area (Å²) in [5.41, 5.74) is -0.0887. The number of amides is 1. The van der Waals surface area contributed by atoms with Gasteiger partial charge in [0.15, 0.2) is 0 Å². The molecule has 94 valence electrons. The van der Waals surface area contributed by atoms with Crippen molar-refractivity contribution in [3.63, 3.8) is 0 Å². The van der Waals surface area contributed by atoms with Crippen molar-refractivity contribution in [2.24, 2.45) is 0 Å². The first-order valence-corrected chi connectivity index (χ1v) is 5.45. The Morgan fingerprint density at radius 1 is 1.24 bits per heavy atom. The SMILES string of the molecule is O=C(CCCl)NCc1ccc(C(F)(F)F)cc1. The van der Waals surface area contributed by atoms with Gasteiger partial charge in [0.1, 0.15) is 0 Å². The highest BCUT2D eigenvalue weighted by molar-refractivity contribution is 6.18. The van der Waals surface area contributed by atoms with Crippen molar-refractivity contribution in [1.82, 2.24) is 5.32 Å². The van der Waals surface area contributed by atoms with Crippen molar-refractivity contribution in [3.05, 3.63) is 35.4 Å². The quantitative estimate of drug-likeness (QED) is 0.833. The van der Waals surface area contributed by atoms with Crippen LogP contribution < -0.4 is 5.32 Å². The summed E-state index contributed by atoms with van der Waals surface area (Å²) in [4.78, 5) is 11.1. The molecule has 0 fully saturated rings. The highest BCUT2D eigenvalue weighted by Gasteiger charge is 2.29. The molecule has 0 aromatic heterocycles. The van der Waals surface area contributed by atoms with Crippen molar-refractivity contribution in [1.29, 1.82) is 0 Å². The van der Waals surface area contributed by atoms with E-state index in [0.717, 1.165) is 12.1 Å². The fourth-order valence-electron chi connectivity index (χ4n) is 1.19. The van der Waals surface area contributed by atoms with Gasteiger partial charge in [-0.3, -0.25) is 4.79 Å². The third-order valence-electron chi connectivity index (χ3n) is 2.09. The molecule has 1 aromatic rings. The van der Waals surface area contributed by atoms with Crippen LogP contribution >= 0.6 is 11.6 Å². The summed E-state index contributed by atoms with van der Waals surface area (Å²) in [5, 5.41) is 2.55. The highest BCUT2D eigenvalue weighted by atomic mass is 35.5. The first kappa shape index (κ1) is 13.8. The van der Waals surface area contributed by atoms with Gasteiger partial charge in [-0.1, -0.05) is 12.1 Å². The van der Waals surface area contributed by atoms with E-state index in [1.165, 1.54) is 12.1 Å². The molecule has 0 aliphatic carbocycles. The summed E-state index contributed by atoms with van der Waals surface area (Å²) in [6.45, 7) is 0.202. The van der Waals surface area contributed by atoms with Gasteiger partial charge in [-0.25, -0.2) is 0 Å². The van der Waals surface area contributed by atoms with Gasteiger partial charge in [0, 0.05) is 18.8 Å². The number of hydrogen-bond donors (Lipinski definition) is 1. The van der Waals surface area contributed by atoms with Crippen molar-refractivity contribution in [2.75, 3.05) is 5.88 Å². The molecule has 0 saturated carbocycles. The zero-order valence-electron chi connectivity index (χ0n) is 8.85. The Balaban J connectivity index is 2.54. The Bertz CT molecular complexity index is 375. The van der Waals surface area contributed by atoms with Crippen molar-refractivity contribution in [3.8, 4) is 0 Å². The highest BCUT2D eigenvalue weighted by Crippen LogP contribution is 2.28. The molecule has 0 atom stereocenters. The maximum absolute atomic E-state index is 12.2. The summed E-state index contributed by atoms with van der Waals surface area (Å²) in [7, 11) is 0. The van der Waals surface area contributed by atoms with Gasteiger partial charge >= 0.3 is 6.18 Å². The van der Waals surface area contributed by atoms with Crippen LogP contribution in [0.5, 0.6) is 0 Å². The summed E-state index contributed by atoms with van der Waals surface area (Å²) < 4.78 is 36.7. The number of carbonyl (C=O) groups excluding carboxylic acids is 1. The molecule has 0 bridgehead atoms. The van der Waals surface area contributed by atoms with E-state index in [1.807, 2.05) is 0 Å². The van der Waals surface area contributed by atoms with E-state index < -0.39 is 11.7 Å². The molecule has 17 heavy (non-hydrogen) atoms. The fourth-order valence-corrected chi connectivity index (χ4v) is 1.36. The maximum Gasteiger partial charge on any atom is 0.416 e. The van der Waals surface area contributed by atoms with E-state index in [-0.39, 0.29) is 24.8 Å². The number of alkyl halides is 4. The van der Waals surface area contributed by atoms with Crippen LogP contribution in [0.15, 0.2) is 24.3 Å². The van der Waals surface area contributed by atoms with Gasteiger partial charge in [-0.15, -0.1) is 11.6 Å². The van der Waals surface area contributed by atoms with Gasteiger partial charge in [0.2, 0.25) is 5.91 Å². The number of nitrogens with one attached hydrogen (secondary N) is 1. The lowest BCUT2D eigenvalue weighted by Crippen LogP contribution is -2.22. The number of halogens is 4. The van der Waals surface area contributed by atoms with Crippen LogP contribution in [0.3, 0.4) is 0 Å². The molecule has 0 radical (unpaired) electrons. The molecule has 1 rings (SSSR count). The second kappa shape index (κ2) is 5.91. The van der Waals surface area contributed by atoms with E-state index in [4.69, 9.17) is 11.6 Å². The lowest BCUT2D eigenvalue weighted by atomic mass is 10.1. The number of hydrogen-bond acceptors (Lipinski definition) is 1. The molecule has 1 N–H and O–H groups in total. The normalized spacial score (nSPS) is 11.3. The Morgan fingerprint density at radius 3 is 2.29 bits per heavy atom. The third-order valence-corrected chi connectivity index (χ3v) is 2.28. The van der Waals surface area contributed by atoms with Crippen LogP contribution in [0.25, 0.3) is 0 Å². The average molecular weight is 266 g/mol. The van der Waals surface area contributed by atoms with Crippen LogP contribution in [-0.4, -0.2) is 11.8 Å². The molecule has 0 aliphatic rings. The molecule has 0 unspecified atom stereocenters. The minimum atomic E-state index is -4.33. The smallest absolute Gasteiger partial charge is 0.352 e. The Hall–Kier alpha value is -1.23. The first-order valence-electron chi connectivity index (χ1n) is 4.92. The van der Waals surface area contributed by atoms with E-state index in [1.54, 1.807) is 0 Å². The van der Waals surface area contributed by atoms with Crippen LogP contribution in [-0.2, 0) is 17.5 Å². The number of carbonyl (C=O) groups is 1. The predicted molar refractivity (Wildman–Crippen MR) is 58.6 cm³/mol. The monoisotopic (exact) mass is 265 g/mol. The fraction of sp³-hybridized carbons (Fsp3) is 0.364. The minimum Gasteiger partial charge on any atom is -0.352 e. The molecule has 0 heterocycles. The lowest BCUT2D eigenvalue weighted by molar-refractivity contribution is -0.137. The second-order valence-corrected chi connectivity index (χ2v) is 3.79. The van der Waals surface area contributed by atoms with Crippen LogP contribution in [0.4, 0.5) is 13.2 Å². The third kappa shape index (κ3) is 4.65. The molecule has 6 heteroatoms. The molecule has 1 aromatic carbocycles. The van der Waals surface area contributed by atoms with Gasteiger partial charge in [0.25, 0.3) is 0 Å². The Labute approximate surface area is 102 Å². The van der Waals surface area contributed by atoms with Gasteiger partial charge in [-0.05, 0) is 17.7 Å². The molecule has 1 amide bonds. The molecular weight excluding hydrogens is 255 g/mol. The van der Waals surface area contributed by atoms with Crippen molar-refractivity contribution < 1.29 is 18.0 Å². The minimum absolute atomic E-state index is 0.197. The zero-order chi connectivity index (χ0) is 12.9. The largest absolute Gasteiger partial charge is 0.416 e. The Morgan fingerprint density at radius 2 is 1.82 bits per heavy atom. The van der Waals surface area contributed by atoms with Crippen LogP contribution in [0.1, 0.15) is 17.5 Å². The van der Waals surface area contributed by atoms with E-state index in [9.17, 15) is 18.0 Å². The number of benzene rings is 1. The molecule has 0 aliphatic heterocycles. The van der Waals surface area contributed by atoms with Gasteiger partial charge in [0.05, 0.1) is 5.56 Å². The predicted octanol–water partition coefficient (Wildman–Crippen LogP) is 2.95. The molecule has 2 nitrogen and oxygen atoms in total. The van der Waals surface area contributed by atoms with Crippen LogP contribution in [0.2, 0.25) is 0 Å². The van der Waals surface area contributed by atoms with E-state index in [2.05, 4.69) is 5.32 Å². The summed E-state index contributed by atoms with van der Waals surface area (Å²) in [6, 6.07) is 4.65. The molecule has 0 spiro atoms. The average Bonchev–Trinajstić information content (AvgIpc) is 2.26. The Kier molecular flexibility index (Phi) is 4.81. The lowest BCUT2D eigenvalue weighted by Gasteiger charge is -2.08. The summed E-state index contributed by atoms with van der Waals surface area (Å²) in [5.74, 6) is -0.00124. The maximum atomic E-state index is 12.2. The second-order valence-electron chi connectivity index (χ2n) is 3.41. The van der Waals surface area contributed by atoms with Crippen LogP contribution in [0, 0.1) is 0 Å². The molecular formula is C11H11ClF3NO. The first-order chi connectivity index (χ1) is 7.93. The molecule has 0 saturated heterocycles. The van der Waals surface area contributed by atoms with Crippen molar-refractivity contribution >= 4 is 17.5 Å². The van der Waals surface area contributed by atoms with E-state index in [0.29, 0.717) is 5.56 Å². The zero-order valence-corrected chi connectivity index (χ0v) is 9.61. The standard InChI is InChI=1S/C11H11ClF3NO/c12-6-5-10(17)16-7-8-1-3-9(4-2-8)11(13,14)15/h1-4H,5-7H2,(H,16,17). The summed E-state index contributed by atoms with van der Waals surface area (Å²) in [6.07, 6.45) is -4.14. The number of rotatable bonds is 4. The van der Waals surface area contributed by atoms with Gasteiger partial charge < -0.3 is 5.32 Å². The van der Waals surface area contributed by atoms with Crippen molar-refractivity contribution in [2.45, 2.75) is 19.1 Å². The van der Waals surface area contributed by atoms with E-state index >= 15 is 0 Å². The van der Waals surface area contributed by atoms with Gasteiger partial charge in [-0.2, -0.15) is 13.2 Å².